The number of hydrogen-bond acceptors (Lipinski definition) is 4. The lowest BCUT2D eigenvalue weighted by atomic mass is 10.4. The van der Waals surface area contributed by atoms with Crippen LogP contribution < -0.4 is 10.6 Å². The van der Waals surface area contributed by atoms with E-state index in [-0.39, 0.29) is 19.1 Å². The van der Waals surface area contributed by atoms with Gasteiger partial charge in [-0.25, -0.2) is 4.79 Å². The molecule has 0 saturated heterocycles. The quantitative estimate of drug-likeness (QED) is 0.579. The summed E-state index contributed by atoms with van der Waals surface area (Å²) in [5.41, 5.74) is 0. The molecular weight excluding hydrogens is 212 g/mol. The average molecular weight is 226 g/mol. The van der Waals surface area contributed by atoms with E-state index in [2.05, 4.69) is 15.4 Å². The molecule has 0 radical (unpaired) electrons. The van der Waals surface area contributed by atoms with E-state index in [0.29, 0.717) is 12.3 Å². The first kappa shape index (κ1) is 12.1. The van der Waals surface area contributed by atoms with Gasteiger partial charge in [0.2, 0.25) is 0 Å². The van der Waals surface area contributed by atoms with Crippen LogP contribution in [-0.2, 0) is 16.1 Å². The highest BCUT2D eigenvalue weighted by Gasteiger charge is 2.02. The first-order valence-electron chi connectivity index (χ1n) is 4.92. The molecule has 2 amide bonds. The molecule has 0 spiro atoms. The molecule has 0 atom stereocenters. The SMILES string of the molecule is CCC(=O)OCNC(=O)NCc1ccco1. The third kappa shape index (κ3) is 4.50. The number of urea groups is 1. The van der Waals surface area contributed by atoms with Gasteiger partial charge in [-0.2, -0.15) is 0 Å². The van der Waals surface area contributed by atoms with Crippen molar-refractivity contribution < 1.29 is 18.7 Å². The summed E-state index contributed by atoms with van der Waals surface area (Å²) in [5, 5.41) is 4.92. The van der Waals surface area contributed by atoms with Gasteiger partial charge in [-0.1, -0.05) is 6.92 Å². The summed E-state index contributed by atoms with van der Waals surface area (Å²) in [6, 6.07) is 3.07. The first-order chi connectivity index (χ1) is 7.72. The van der Waals surface area contributed by atoms with E-state index in [9.17, 15) is 9.59 Å². The predicted octanol–water partition coefficient (Wildman–Crippen LogP) is 0.989. The normalized spacial score (nSPS) is 9.56. The van der Waals surface area contributed by atoms with Gasteiger partial charge in [0.1, 0.15) is 5.76 Å². The van der Waals surface area contributed by atoms with Gasteiger partial charge >= 0.3 is 12.0 Å². The zero-order valence-corrected chi connectivity index (χ0v) is 8.99. The largest absolute Gasteiger partial charge is 0.467 e. The van der Waals surface area contributed by atoms with Crippen molar-refractivity contribution in [2.75, 3.05) is 6.73 Å². The van der Waals surface area contributed by atoms with Crippen LogP contribution in [0.2, 0.25) is 0 Å². The number of ether oxygens (including phenoxy) is 1. The molecule has 6 nitrogen and oxygen atoms in total. The second-order valence-electron chi connectivity index (χ2n) is 2.95. The van der Waals surface area contributed by atoms with Crippen LogP contribution >= 0.6 is 0 Å². The van der Waals surface area contributed by atoms with E-state index >= 15 is 0 Å². The van der Waals surface area contributed by atoms with E-state index in [1.54, 1.807) is 19.1 Å². The maximum atomic E-state index is 11.2. The molecule has 1 heterocycles. The van der Waals surface area contributed by atoms with E-state index in [1.807, 2.05) is 0 Å². The van der Waals surface area contributed by atoms with Crippen molar-refractivity contribution in [2.45, 2.75) is 19.9 Å². The number of hydrogen-bond donors (Lipinski definition) is 2. The molecule has 16 heavy (non-hydrogen) atoms. The van der Waals surface area contributed by atoms with Gasteiger partial charge in [0.15, 0.2) is 6.73 Å². The van der Waals surface area contributed by atoms with Crippen LogP contribution in [0.5, 0.6) is 0 Å². The van der Waals surface area contributed by atoms with Crippen molar-refractivity contribution in [3.8, 4) is 0 Å². The Balaban J connectivity index is 2.09. The number of carbonyl (C=O) groups is 2. The van der Waals surface area contributed by atoms with Gasteiger partial charge in [-0.15, -0.1) is 0 Å². The maximum absolute atomic E-state index is 11.2. The molecular formula is C10H14N2O4. The molecule has 1 rings (SSSR count). The van der Waals surface area contributed by atoms with Crippen LogP contribution in [-0.4, -0.2) is 18.7 Å². The van der Waals surface area contributed by atoms with Crippen molar-refractivity contribution in [3.05, 3.63) is 24.2 Å². The van der Waals surface area contributed by atoms with Crippen molar-refractivity contribution in [1.82, 2.24) is 10.6 Å². The summed E-state index contributed by atoms with van der Waals surface area (Å²) in [5.74, 6) is 0.298. The van der Waals surface area contributed by atoms with Gasteiger partial charge in [-0.3, -0.25) is 4.79 Å². The Labute approximate surface area is 93.0 Å². The minimum atomic E-state index is -0.416. The topological polar surface area (TPSA) is 80.6 Å². The van der Waals surface area contributed by atoms with Crippen LogP contribution in [0.3, 0.4) is 0 Å². The molecule has 1 aromatic rings. The van der Waals surface area contributed by atoms with Crippen LogP contribution in [0.4, 0.5) is 4.79 Å². The summed E-state index contributed by atoms with van der Waals surface area (Å²) >= 11 is 0. The maximum Gasteiger partial charge on any atom is 0.317 e. The molecule has 0 fully saturated rings. The molecule has 2 N–H and O–H groups in total. The number of nitrogens with one attached hydrogen (secondary N) is 2. The van der Waals surface area contributed by atoms with E-state index in [0.717, 1.165) is 0 Å². The smallest absolute Gasteiger partial charge is 0.317 e. The van der Waals surface area contributed by atoms with Gasteiger partial charge in [-0.05, 0) is 12.1 Å². The fraction of sp³-hybridized carbons (Fsp3) is 0.400. The minimum absolute atomic E-state index is 0.128. The molecule has 0 aliphatic rings. The highest BCUT2D eigenvalue weighted by molar-refractivity contribution is 5.74. The standard InChI is InChI=1S/C10H14N2O4/c1-2-9(13)16-7-12-10(14)11-6-8-4-3-5-15-8/h3-5H,2,6-7H2,1H3,(H2,11,12,14). The lowest BCUT2D eigenvalue weighted by Gasteiger charge is -2.06. The number of carbonyl (C=O) groups excluding carboxylic acids is 2. The lowest BCUT2D eigenvalue weighted by molar-refractivity contribution is -0.143. The van der Waals surface area contributed by atoms with Crippen LogP contribution in [0.25, 0.3) is 0 Å². The van der Waals surface area contributed by atoms with Crippen LogP contribution in [0, 0.1) is 0 Å². The fourth-order valence-electron chi connectivity index (χ4n) is 0.927. The molecule has 0 aliphatic heterocycles. The van der Waals surface area contributed by atoms with E-state index in [1.165, 1.54) is 6.26 Å². The predicted molar refractivity (Wildman–Crippen MR) is 55.3 cm³/mol. The van der Waals surface area contributed by atoms with Crippen LogP contribution in [0.1, 0.15) is 19.1 Å². The van der Waals surface area contributed by atoms with Crippen LogP contribution in [0.15, 0.2) is 22.8 Å². The Kier molecular flexibility index (Phi) is 4.91. The summed E-state index contributed by atoms with van der Waals surface area (Å²) in [7, 11) is 0. The summed E-state index contributed by atoms with van der Waals surface area (Å²) < 4.78 is 9.68. The molecule has 0 saturated carbocycles. The van der Waals surface area contributed by atoms with Gasteiger partial charge in [0.25, 0.3) is 0 Å². The molecule has 0 unspecified atom stereocenters. The molecule has 0 bridgehead atoms. The number of furan rings is 1. The Bertz CT molecular complexity index is 335. The second kappa shape index (κ2) is 6.49. The first-order valence-corrected chi connectivity index (χ1v) is 4.92. The van der Waals surface area contributed by atoms with Gasteiger partial charge in [0, 0.05) is 6.42 Å². The molecule has 0 aliphatic carbocycles. The summed E-state index contributed by atoms with van der Waals surface area (Å²) in [4.78, 5) is 21.9. The van der Waals surface area contributed by atoms with E-state index < -0.39 is 6.03 Å². The number of esters is 1. The molecule has 88 valence electrons. The summed E-state index contributed by atoms with van der Waals surface area (Å²) in [6.07, 6.45) is 1.81. The Hall–Kier alpha value is -1.98. The van der Waals surface area contributed by atoms with Crippen molar-refractivity contribution in [3.63, 3.8) is 0 Å². The van der Waals surface area contributed by atoms with Crippen molar-refractivity contribution in [1.29, 1.82) is 0 Å². The van der Waals surface area contributed by atoms with E-state index in [4.69, 9.17) is 4.42 Å². The lowest BCUT2D eigenvalue weighted by Crippen LogP contribution is -2.36. The zero-order chi connectivity index (χ0) is 11.8. The Morgan fingerprint density at radius 3 is 2.88 bits per heavy atom. The monoisotopic (exact) mass is 226 g/mol. The third-order valence-corrected chi connectivity index (χ3v) is 1.76. The van der Waals surface area contributed by atoms with Gasteiger partial charge < -0.3 is 19.8 Å². The minimum Gasteiger partial charge on any atom is -0.467 e. The van der Waals surface area contributed by atoms with Crippen molar-refractivity contribution >= 4 is 12.0 Å². The number of amides is 2. The highest BCUT2D eigenvalue weighted by atomic mass is 16.5. The summed E-state index contributed by atoms with van der Waals surface area (Å²) in [6.45, 7) is 1.84. The second-order valence-corrected chi connectivity index (χ2v) is 2.95. The Morgan fingerprint density at radius 2 is 2.25 bits per heavy atom. The fourth-order valence-corrected chi connectivity index (χ4v) is 0.927. The third-order valence-electron chi connectivity index (χ3n) is 1.76. The molecule has 1 aromatic heterocycles. The average Bonchev–Trinajstić information content (AvgIpc) is 2.79. The highest BCUT2D eigenvalue weighted by Crippen LogP contribution is 1.97. The van der Waals surface area contributed by atoms with Crippen molar-refractivity contribution in [2.24, 2.45) is 0 Å². The zero-order valence-electron chi connectivity index (χ0n) is 8.99. The molecule has 6 heteroatoms. The molecule has 0 aromatic carbocycles. The number of rotatable bonds is 5. The Morgan fingerprint density at radius 1 is 1.44 bits per heavy atom. The van der Waals surface area contributed by atoms with Gasteiger partial charge in [0.05, 0.1) is 12.8 Å².